The third kappa shape index (κ3) is 4.62. The van der Waals surface area contributed by atoms with E-state index in [0.717, 1.165) is 6.26 Å². The van der Waals surface area contributed by atoms with Crippen LogP contribution in [0.25, 0.3) is 0 Å². The molecule has 0 aromatic heterocycles. The maximum atomic E-state index is 11.5. The van der Waals surface area contributed by atoms with Crippen LogP contribution in [0.2, 0.25) is 5.02 Å². The number of nitrogen functional groups attached to an aromatic ring is 1. The number of hydrogen-bond donors (Lipinski definition) is 1. The van der Waals surface area contributed by atoms with Crippen molar-refractivity contribution >= 4 is 33.1 Å². The molecule has 0 saturated carbocycles. The molecule has 0 bridgehead atoms. The number of halogens is 1. The fourth-order valence-electron chi connectivity index (χ4n) is 1.06. The zero-order valence-corrected chi connectivity index (χ0v) is 10.7. The standard InChI is InChI=1S/C10H12ClNO4S/c1-17(14,15)5-4-16-10(13)8-6-7(12)2-3-9(8)11/h2-3,6H,4-5,12H2,1H3. The molecule has 0 atom stereocenters. The number of benzene rings is 1. The Balaban J connectivity index is 2.67. The molecule has 7 heteroatoms. The molecule has 0 aliphatic heterocycles. The highest BCUT2D eigenvalue weighted by atomic mass is 35.5. The Kier molecular flexibility index (Phi) is 4.36. The first-order valence-corrected chi connectivity index (χ1v) is 7.13. The van der Waals surface area contributed by atoms with Crippen molar-refractivity contribution in [3.05, 3.63) is 28.8 Å². The maximum absolute atomic E-state index is 11.5. The van der Waals surface area contributed by atoms with Crippen molar-refractivity contribution in [3.63, 3.8) is 0 Å². The summed E-state index contributed by atoms with van der Waals surface area (Å²) in [5, 5.41) is 0.212. The third-order valence-corrected chi connectivity index (χ3v) is 3.14. The molecule has 17 heavy (non-hydrogen) atoms. The summed E-state index contributed by atoms with van der Waals surface area (Å²) in [6, 6.07) is 4.41. The number of sulfone groups is 1. The van der Waals surface area contributed by atoms with Gasteiger partial charge in [-0.05, 0) is 18.2 Å². The second kappa shape index (κ2) is 5.37. The molecule has 0 unspecified atom stereocenters. The summed E-state index contributed by atoms with van der Waals surface area (Å²) in [7, 11) is -3.16. The van der Waals surface area contributed by atoms with E-state index < -0.39 is 15.8 Å². The average Bonchev–Trinajstić information content (AvgIpc) is 2.19. The van der Waals surface area contributed by atoms with Crippen molar-refractivity contribution in [1.82, 2.24) is 0 Å². The summed E-state index contributed by atoms with van der Waals surface area (Å²) in [6.45, 7) is -0.206. The van der Waals surface area contributed by atoms with Gasteiger partial charge in [-0.1, -0.05) is 11.6 Å². The normalized spacial score (nSPS) is 11.2. The van der Waals surface area contributed by atoms with Crippen molar-refractivity contribution in [3.8, 4) is 0 Å². The van der Waals surface area contributed by atoms with Gasteiger partial charge in [-0.25, -0.2) is 13.2 Å². The lowest BCUT2D eigenvalue weighted by Gasteiger charge is -2.06. The number of rotatable bonds is 4. The molecule has 0 spiro atoms. The zero-order chi connectivity index (χ0) is 13.1. The number of nitrogens with two attached hydrogens (primary N) is 1. The average molecular weight is 278 g/mol. The van der Waals surface area contributed by atoms with Crippen molar-refractivity contribution in [1.29, 1.82) is 0 Å². The molecule has 0 saturated heterocycles. The minimum absolute atomic E-state index is 0.125. The molecule has 0 heterocycles. The second-order valence-electron chi connectivity index (χ2n) is 3.51. The minimum atomic E-state index is -3.16. The van der Waals surface area contributed by atoms with Crippen LogP contribution in [0.1, 0.15) is 10.4 Å². The maximum Gasteiger partial charge on any atom is 0.339 e. The zero-order valence-electron chi connectivity index (χ0n) is 9.14. The fraction of sp³-hybridized carbons (Fsp3) is 0.300. The number of esters is 1. The molecule has 0 aliphatic rings. The van der Waals surface area contributed by atoms with E-state index in [2.05, 4.69) is 0 Å². The highest BCUT2D eigenvalue weighted by Gasteiger charge is 2.13. The summed E-state index contributed by atoms with van der Waals surface area (Å²) in [6.07, 6.45) is 1.06. The van der Waals surface area contributed by atoms with E-state index >= 15 is 0 Å². The van der Waals surface area contributed by atoms with Crippen LogP contribution in [0.3, 0.4) is 0 Å². The van der Waals surface area contributed by atoms with Gasteiger partial charge in [0.25, 0.3) is 0 Å². The molecule has 1 aromatic rings. The Morgan fingerprint density at radius 1 is 1.47 bits per heavy atom. The Labute approximate surface area is 104 Å². The molecule has 0 radical (unpaired) electrons. The van der Waals surface area contributed by atoms with E-state index in [4.69, 9.17) is 22.1 Å². The van der Waals surface area contributed by atoms with Crippen LogP contribution in [-0.2, 0) is 14.6 Å². The fourth-order valence-corrected chi connectivity index (χ4v) is 1.64. The number of hydrogen-bond acceptors (Lipinski definition) is 5. The van der Waals surface area contributed by atoms with Crippen molar-refractivity contribution in [2.75, 3.05) is 24.3 Å². The van der Waals surface area contributed by atoms with Crippen molar-refractivity contribution < 1.29 is 17.9 Å². The molecule has 0 amide bonds. The molecule has 1 aromatic carbocycles. The van der Waals surface area contributed by atoms with Crippen LogP contribution in [0, 0.1) is 0 Å². The lowest BCUT2D eigenvalue weighted by molar-refractivity contribution is 0.0529. The van der Waals surface area contributed by atoms with Gasteiger partial charge < -0.3 is 10.5 Å². The first kappa shape index (κ1) is 13.8. The van der Waals surface area contributed by atoms with Gasteiger partial charge in [-0.2, -0.15) is 0 Å². The summed E-state index contributed by atoms with van der Waals surface area (Å²) >= 11 is 5.79. The summed E-state index contributed by atoms with van der Waals surface area (Å²) < 4.78 is 26.4. The summed E-state index contributed by atoms with van der Waals surface area (Å²) in [5.74, 6) is -0.912. The van der Waals surface area contributed by atoms with E-state index in [1.54, 1.807) is 6.07 Å². The SMILES string of the molecule is CS(=O)(=O)CCOC(=O)c1cc(N)ccc1Cl. The monoisotopic (exact) mass is 277 g/mol. The van der Waals surface area contributed by atoms with E-state index in [-0.39, 0.29) is 22.9 Å². The lowest BCUT2D eigenvalue weighted by Crippen LogP contribution is -2.14. The third-order valence-electron chi connectivity index (χ3n) is 1.90. The smallest absolute Gasteiger partial charge is 0.339 e. The van der Waals surface area contributed by atoms with Gasteiger partial charge in [0.2, 0.25) is 0 Å². The van der Waals surface area contributed by atoms with Gasteiger partial charge in [-0.15, -0.1) is 0 Å². The quantitative estimate of drug-likeness (QED) is 0.658. The largest absolute Gasteiger partial charge is 0.461 e. The van der Waals surface area contributed by atoms with Gasteiger partial charge in [0.15, 0.2) is 9.84 Å². The molecule has 0 aliphatic carbocycles. The highest BCUT2D eigenvalue weighted by molar-refractivity contribution is 7.90. The molecule has 94 valence electrons. The van der Waals surface area contributed by atoms with E-state index in [1.165, 1.54) is 12.1 Å². The molecular formula is C10H12ClNO4S. The number of carbonyl (C=O) groups excluding carboxylic acids is 1. The summed E-state index contributed by atoms with van der Waals surface area (Å²) in [4.78, 5) is 11.5. The van der Waals surface area contributed by atoms with Gasteiger partial charge >= 0.3 is 5.97 Å². The van der Waals surface area contributed by atoms with Crippen LogP contribution in [-0.4, -0.2) is 33.0 Å². The van der Waals surface area contributed by atoms with Crippen molar-refractivity contribution in [2.24, 2.45) is 0 Å². The minimum Gasteiger partial charge on any atom is -0.461 e. The van der Waals surface area contributed by atoms with Gasteiger partial charge in [-0.3, -0.25) is 0 Å². The first-order valence-electron chi connectivity index (χ1n) is 4.69. The van der Waals surface area contributed by atoms with Crippen LogP contribution in [0.15, 0.2) is 18.2 Å². The predicted molar refractivity (Wildman–Crippen MR) is 65.9 cm³/mol. The first-order chi connectivity index (χ1) is 7.79. The van der Waals surface area contributed by atoms with Gasteiger partial charge in [0.1, 0.15) is 6.61 Å². The Morgan fingerprint density at radius 3 is 2.71 bits per heavy atom. The summed E-state index contributed by atoms with van der Waals surface area (Å²) in [5.41, 5.74) is 6.01. The van der Waals surface area contributed by atoms with E-state index in [9.17, 15) is 13.2 Å². The second-order valence-corrected chi connectivity index (χ2v) is 6.17. The van der Waals surface area contributed by atoms with Crippen LogP contribution < -0.4 is 5.73 Å². The molecule has 5 nitrogen and oxygen atoms in total. The van der Waals surface area contributed by atoms with Crippen LogP contribution in [0.4, 0.5) is 5.69 Å². The highest BCUT2D eigenvalue weighted by Crippen LogP contribution is 2.19. The predicted octanol–water partition coefficient (Wildman–Crippen LogP) is 1.12. The molecular weight excluding hydrogens is 266 g/mol. The van der Waals surface area contributed by atoms with E-state index in [0.29, 0.717) is 5.69 Å². The molecule has 1 rings (SSSR count). The van der Waals surface area contributed by atoms with E-state index in [1.807, 2.05) is 0 Å². The lowest BCUT2D eigenvalue weighted by atomic mass is 10.2. The van der Waals surface area contributed by atoms with Gasteiger partial charge in [0, 0.05) is 11.9 Å². The number of carbonyl (C=O) groups is 1. The van der Waals surface area contributed by atoms with Crippen LogP contribution >= 0.6 is 11.6 Å². The van der Waals surface area contributed by atoms with Crippen molar-refractivity contribution in [2.45, 2.75) is 0 Å². The topological polar surface area (TPSA) is 86.5 Å². The molecule has 0 fully saturated rings. The van der Waals surface area contributed by atoms with Gasteiger partial charge in [0.05, 0.1) is 16.3 Å². The number of ether oxygens (including phenoxy) is 1. The van der Waals surface area contributed by atoms with Crippen LogP contribution in [0.5, 0.6) is 0 Å². The Hall–Kier alpha value is -1.27. The number of anilines is 1. The Bertz CT molecular complexity index is 527. The molecule has 2 N–H and O–H groups in total. The Morgan fingerprint density at radius 2 is 2.12 bits per heavy atom.